The van der Waals surface area contributed by atoms with Gasteiger partial charge in [-0.1, -0.05) is 6.07 Å². The summed E-state index contributed by atoms with van der Waals surface area (Å²) < 4.78 is 18.5. The molecule has 4 aromatic heterocycles. The van der Waals surface area contributed by atoms with E-state index in [-0.39, 0.29) is 5.88 Å². The summed E-state index contributed by atoms with van der Waals surface area (Å²) in [5, 5.41) is 13.3. The quantitative estimate of drug-likeness (QED) is 0.524. The van der Waals surface area contributed by atoms with Gasteiger partial charge in [0.2, 0.25) is 5.88 Å². The molecule has 4 rings (SSSR count). The van der Waals surface area contributed by atoms with Gasteiger partial charge in [-0.05, 0) is 34.9 Å². The zero-order valence-electron chi connectivity index (χ0n) is 15.6. The monoisotopic (exact) mass is 388 g/mol. The van der Waals surface area contributed by atoms with E-state index in [1.165, 1.54) is 13.2 Å². The smallest absolute Gasteiger partial charge is 0.250 e. The second-order valence-corrected chi connectivity index (χ2v) is 6.42. The van der Waals surface area contributed by atoms with Gasteiger partial charge in [-0.2, -0.15) is 5.26 Å². The van der Waals surface area contributed by atoms with Crippen LogP contribution < -0.4 is 10.1 Å². The van der Waals surface area contributed by atoms with E-state index in [1.54, 1.807) is 24.7 Å². The minimum absolute atomic E-state index is 0.0248. The molecule has 8 heteroatoms. The maximum Gasteiger partial charge on any atom is 0.250 e. The number of H-pyrrole nitrogens is 1. The largest absolute Gasteiger partial charge is 0.479 e. The van der Waals surface area contributed by atoms with Crippen molar-refractivity contribution in [2.24, 2.45) is 0 Å². The zero-order chi connectivity index (χ0) is 20.2. The van der Waals surface area contributed by atoms with E-state index in [1.807, 2.05) is 18.3 Å². The van der Waals surface area contributed by atoms with Crippen molar-refractivity contribution in [2.45, 2.75) is 13.0 Å². The molecule has 0 saturated carbocycles. The van der Waals surface area contributed by atoms with E-state index in [4.69, 9.17) is 4.74 Å². The van der Waals surface area contributed by atoms with Crippen LogP contribution in [0.15, 0.2) is 49.1 Å². The van der Waals surface area contributed by atoms with Gasteiger partial charge in [0.25, 0.3) is 0 Å². The van der Waals surface area contributed by atoms with Crippen LogP contribution in [0, 0.1) is 17.1 Å². The molecule has 0 saturated heterocycles. The SMILES string of the molecule is COc1ncc(CNc2ccc(Cc3c[nH]c4nccc(C#N)c34)cn2)cc1F. The minimum atomic E-state index is -0.500. The number of anilines is 1. The van der Waals surface area contributed by atoms with Crippen LogP contribution in [-0.4, -0.2) is 27.0 Å². The summed E-state index contributed by atoms with van der Waals surface area (Å²) >= 11 is 0. The topological polar surface area (TPSA) is 99.5 Å². The number of halogens is 1. The van der Waals surface area contributed by atoms with Crippen LogP contribution in [0.5, 0.6) is 5.88 Å². The highest BCUT2D eigenvalue weighted by Crippen LogP contribution is 2.23. The third kappa shape index (κ3) is 3.84. The van der Waals surface area contributed by atoms with Crippen LogP contribution in [-0.2, 0) is 13.0 Å². The fraction of sp³-hybridized carbons (Fsp3) is 0.143. The Hall–Kier alpha value is -3.99. The fourth-order valence-corrected chi connectivity index (χ4v) is 3.11. The number of aromatic nitrogens is 4. The van der Waals surface area contributed by atoms with Crippen molar-refractivity contribution in [1.29, 1.82) is 5.26 Å². The number of pyridine rings is 3. The van der Waals surface area contributed by atoms with Crippen LogP contribution in [0.3, 0.4) is 0 Å². The molecule has 2 N–H and O–H groups in total. The number of ether oxygens (including phenoxy) is 1. The lowest BCUT2D eigenvalue weighted by Gasteiger charge is -2.08. The highest BCUT2D eigenvalue weighted by atomic mass is 19.1. The predicted molar refractivity (Wildman–Crippen MR) is 106 cm³/mol. The molecule has 0 aliphatic rings. The lowest BCUT2D eigenvalue weighted by molar-refractivity contribution is 0.368. The molecular weight excluding hydrogens is 371 g/mol. The number of hydrogen-bond donors (Lipinski definition) is 2. The Morgan fingerprint density at radius 1 is 1.17 bits per heavy atom. The summed E-state index contributed by atoms with van der Waals surface area (Å²) in [6.45, 7) is 0.389. The third-order valence-corrected chi connectivity index (χ3v) is 4.53. The van der Waals surface area contributed by atoms with Crippen molar-refractivity contribution in [2.75, 3.05) is 12.4 Å². The van der Waals surface area contributed by atoms with Gasteiger partial charge in [0.15, 0.2) is 5.82 Å². The maximum absolute atomic E-state index is 13.7. The normalized spacial score (nSPS) is 10.7. The van der Waals surface area contributed by atoms with Crippen LogP contribution in [0.1, 0.15) is 22.3 Å². The van der Waals surface area contributed by atoms with Crippen molar-refractivity contribution in [3.8, 4) is 11.9 Å². The van der Waals surface area contributed by atoms with E-state index < -0.39 is 5.82 Å². The Labute approximate surface area is 166 Å². The summed E-state index contributed by atoms with van der Waals surface area (Å²) in [6, 6.07) is 9.12. The predicted octanol–water partition coefficient (Wildman–Crippen LogP) is 3.58. The zero-order valence-corrected chi connectivity index (χ0v) is 15.6. The number of nitrogens with zero attached hydrogens (tertiary/aromatic N) is 4. The summed E-state index contributed by atoms with van der Waals surface area (Å²) in [5.74, 6) is 0.145. The number of aromatic amines is 1. The molecular formula is C21H17FN6O. The average molecular weight is 388 g/mol. The van der Waals surface area contributed by atoms with Gasteiger partial charge in [0.05, 0.1) is 18.7 Å². The van der Waals surface area contributed by atoms with E-state index in [0.717, 1.165) is 16.5 Å². The fourth-order valence-electron chi connectivity index (χ4n) is 3.11. The average Bonchev–Trinajstić information content (AvgIpc) is 3.16. The molecule has 0 radical (unpaired) electrons. The summed E-state index contributed by atoms with van der Waals surface area (Å²) in [5.41, 5.74) is 3.97. The van der Waals surface area contributed by atoms with Crippen molar-refractivity contribution >= 4 is 16.9 Å². The van der Waals surface area contributed by atoms with Gasteiger partial charge < -0.3 is 15.0 Å². The molecule has 0 aliphatic carbocycles. The molecule has 29 heavy (non-hydrogen) atoms. The second kappa shape index (κ2) is 7.94. The number of hydrogen-bond acceptors (Lipinski definition) is 6. The molecule has 4 heterocycles. The molecule has 144 valence electrons. The maximum atomic E-state index is 13.7. The first-order valence-corrected chi connectivity index (χ1v) is 8.90. The Morgan fingerprint density at radius 2 is 2.03 bits per heavy atom. The number of rotatable bonds is 6. The molecule has 0 atom stereocenters. The highest BCUT2D eigenvalue weighted by Gasteiger charge is 2.10. The molecule has 0 unspecified atom stereocenters. The first-order chi connectivity index (χ1) is 14.2. The van der Waals surface area contributed by atoms with Gasteiger partial charge in [-0.25, -0.2) is 19.3 Å². The van der Waals surface area contributed by atoms with Crippen LogP contribution in [0.25, 0.3) is 11.0 Å². The minimum Gasteiger partial charge on any atom is -0.479 e. The summed E-state index contributed by atoms with van der Waals surface area (Å²) in [6.07, 6.45) is 7.45. The van der Waals surface area contributed by atoms with Crippen LogP contribution >= 0.6 is 0 Å². The molecule has 0 spiro atoms. The van der Waals surface area contributed by atoms with Crippen LogP contribution in [0.2, 0.25) is 0 Å². The standard InChI is InChI=1S/C21H17FN6O/c1-29-21-17(22)7-14(11-28-21)10-26-18-3-2-13(9-25-18)6-16-12-27-20-19(16)15(8-23)4-5-24-20/h2-5,7,9,11-12H,6,10H2,1H3,(H,24,27)(H,25,26). The summed E-state index contributed by atoms with van der Waals surface area (Å²) in [7, 11) is 1.38. The molecule has 0 amide bonds. The van der Waals surface area contributed by atoms with E-state index >= 15 is 0 Å². The van der Waals surface area contributed by atoms with Gasteiger partial charge in [-0.3, -0.25) is 0 Å². The molecule has 7 nitrogen and oxygen atoms in total. The third-order valence-electron chi connectivity index (χ3n) is 4.53. The Kier molecular flexibility index (Phi) is 5.03. The van der Waals surface area contributed by atoms with Crippen molar-refractivity contribution < 1.29 is 9.13 Å². The summed E-state index contributed by atoms with van der Waals surface area (Å²) in [4.78, 5) is 15.7. The molecule has 0 aromatic carbocycles. The lowest BCUT2D eigenvalue weighted by Crippen LogP contribution is -2.03. The van der Waals surface area contributed by atoms with Crippen molar-refractivity contribution in [1.82, 2.24) is 19.9 Å². The number of methoxy groups -OCH3 is 1. The molecule has 4 aromatic rings. The van der Waals surface area contributed by atoms with Gasteiger partial charge in [0.1, 0.15) is 11.5 Å². The second-order valence-electron chi connectivity index (χ2n) is 6.42. The Balaban J connectivity index is 1.45. The molecule has 0 bridgehead atoms. The Bertz CT molecular complexity index is 1200. The first-order valence-electron chi connectivity index (χ1n) is 8.90. The van der Waals surface area contributed by atoms with Crippen molar-refractivity contribution in [3.05, 3.63) is 77.1 Å². The van der Waals surface area contributed by atoms with Gasteiger partial charge >= 0.3 is 0 Å². The number of nitriles is 1. The first kappa shape index (κ1) is 18.4. The molecule has 0 fully saturated rings. The highest BCUT2D eigenvalue weighted by molar-refractivity contribution is 5.86. The Morgan fingerprint density at radius 3 is 2.76 bits per heavy atom. The molecule has 0 aliphatic heterocycles. The van der Waals surface area contributed by atoms with Gasteiger partial charge in [0, 0.05) is 43.1 Å². The van der Waals surface area contributed by atoms with Gasteiger partial charge in [-0.15, -0.1) is 0 Å². The van der Waals surface area contributed by atoms with E-state index in [9.17, 15) is 9.65 Å². The van der Waals surface area contributed by atoms with E-state index in [0.29, 0.717) is 35.6 Å². The number of fused-ring (bicyclic) bond motifs is 1. The number of nitrogens with one attached hydrogen (secondary N) is 2. The lowest BCUT2D eigenvalue weighted by atomic mass is 10.0. The van der Waals surface area contributed by atoms with E-state index in [2.05, 4.69) is 31.3 Å². The van der Waals surface area contributed by atoms with Crippen LogP contribution in [0.4, 0.5) is 10.2 Å². The van der Waals surface area contributed by atoms with Crippen molar-refractivity contribution in [3.63, 3.8) is 0 Å².